The smallest absolute Gasteiger partial charge is 0.148 e. The Morgan fingerprint density at radius 1 is 1.54 bits per heavy atom. The number of rotatable bonds is 1. The number of hydrogen-bond donors (Lipinski definition) is 0. The molecule has 1 heterocycles. The molecule has 13 heavy (non-hydrogen) atoms. The molecule has 2 rings (SSSR count). The van der Waals surface area contributed by atoms with Crippen LogP contribution in [0, 0.1) is 5.82 Å². The summed E-state index contributed by atoms with van der Waals surface area (Å²) in [7, 11) is 0. The Morgan fingerprint density at radius 3 is 3.08 bits per heavy atom. The largest absolute Gasteiger partial charge is 0.219 e. The van der Waals surface area contributed by atoms with E-state index < -0.39 is 30.0 Å². The summed E-state index contributed by atoms with van der Waals surface area (Å²) < 4.78 is 51.8. The van der Waals surface area contributed by atoms with Crippen LogP contribution in [0.25, 0.3) is 5.69 Å². The van der Waals surface area contributed by atoms with Gasteiger partial charge in [0.15, 0.2) is 0 Å². The summed E-state index contributed by atoms with van der Waals surface area (Å²) in [5.41, 5.74) is -0.378. The van der Waals surface area contributed by atoms with E-state index in [1.54, 1.807) is 0 Å². The van der Waals surface area contributed by atoms with Crippen molar-refractivity contribution in [2.24, 2.45) is 0 Å². The van der Waals surface area contributed by atoms with Crippen molar-refractivity contribution in [2.75, 3.05) is 0 Å². The van der Waals surface area contributed by atoms with Crippen LogP contribution >= 0.6 is 15.9 Å². The summed E-state index contributed by atoms with van der Waals surface area (Å²) in [6.07, 6.45) is -0.270. The van der Waals surface area contributed by atoms with Gasteiger partial charge in [-0.15, -0.1) is 5.10 Å². The molecule has 0 amide bonds. The minimum absolute atomic E-state index is 0.0724. The van der Waals surface area contributed by atoms with Gasteiger partial charge in [0.2, 0.25) is 0 Å². The molecule has 0 radical (unpaired) electrons. The zero-order valence-corrected chi connectivity index (χ0v) is 7.68. The van der Waals surface area contributed by atoms with Crippen LogP contribution in [0.5, 0.6) is 0 Å². The lowest BCUT2D eigenvalue weighted by atomic mass is 10.3. The normalized spacial score (nSPS) is 15.7. The molecule has 0 unspecified atom stereocenters. The molecule has 5 heteroatoms. The van der Waals surface area contributed by atoms with Gasteiger partial charge < -0.3 is 0 Å². The second-order valence-corrected chi connectivity index (χ2v) is 2.82. The van der Waals surface area contributed by atoms with Gasteiger partial charge >= 0.3 is 0 Å². The van der Waals surface area contributed by atoms with Crippen molar-refractivity contribution in [3.8, 4) is 5.69 Å². The molecule has 1 aromatic heterocycles. The first-order chi connectivity index (χ1) is 8.36. The first-order valence-corrected chi connectivity index (χ1v) is 3.99. The number of benzene rings is 1. The quantitative estimate of drug-likeness (QED) is 0.773. The summed E-state index contributed by atoms with van der Waals surface area (Å²) in [4.78, 5) is 0. The Labute approximate surface area is 89.3 Å². The molecule has 0 fully saturated rings. The average molecular weight is 247 g/mol. The van der Waals surface area contributed by atoms with Crippen molar-refractivity contribution in [1.29, 1.82) is 0 Å². The van der Waals surface area contributed by atoms with Gasteiger partial charge in [0.25, 0.3) is 0 Å². The molecule has 2 aromatic rings. The molecule has 3 nitrogen and oxygen atoms in total. The van der Waals surface area contributed by atoms with E-state index in [0.29, 0.717) is 0 Å². The van der Waals surface area contributed by atoms with Crippen LogP contribution in [-0.4, -0.2) is 15.0 Å². The molecule has 0 N–H and O–H groups in total. The highest BCUT2D eigenvalue weighted by molar-refractivity contribution is 9.10. The SMILES string of the molecule is [2H]c1c([2H])c(F)c([2H])c(-n2nnc(Br)c2[2H])c1[2H]. The number of halogens is 2. The molecule has 0 bridgehead atoms. The molecule has 0 saturated carbocycles. The lowest BCUT2D eigenvalue weighted by Crippen LogP contribution is -1.94. The standard InChI is InChI=1S/C8H5BrFN3/c9-8-5-13(12-11-8)7-3-1-2-6(10)4-7/h1-5H/i1D,2D,3D,4D,5D. The lowest BCUT2D eigenvalue weighted by molar-refractivity contribution is 0.625. The summed E-state index contributed by atoms with van der Waals surface area (Å²) in [5.74, 6) is -1.22. The topological polar surface area (TPSA) is 30.7 Å². The maximum atomic E-state index is 13.5. The van der Waals surface area contributed by atoms with Gasteiger partial charge in [-0.25, -0.2) is 9.07 Å². The third kappa shape index (κ3) is 1.75. The fourth-order valence-electron chi connectivity index (χ4n) is 0.734. The van der Waals surface area contributed by atoms with Gasteiger partial charge in [-0.05, 0) is 34.1 Å². The Bertz CT molecular complexity index is 615. The first-order valence-electron chi connectivity index (χ1n) is 5.70. The van der Waals surface area contributed by atoms with Crippen LogP contribution in [0.1, 0.15) is 6.85 Å². The third-order valence-corrected chi connectivity index (χ3v) is 1.55. The highest BCUT2D eigenvalue weighted by Crippen LogP contribution is 2.10. The van der Waals surface area contributed by atoms with Crippen molar-refractivity contribution in [3.63, 3.8) is 0 Å². The second kappa shape index (κ2) is 3.26. The Balaban J connectivity index is 2.84. The predicted molar refractivity (Wildman–Crippen MR) is 49.0 cm³/mol. The van der Waals surface area contributed by atoms with Crippen molar-refractivity contribution in [2.45, 2.75) is 0 Å². The van der Waals surface area contributed by atoms with Crippen LogP contribution in [0.2, 0.25) is 0 Å². The molecule has 1 aromatic carbocycles. The summed E-state index contributed by atoms with van der Waals surface area (Å²) in [5, 5.41) is 7.00. The predicted octanol–water partition coefficient (Wildman–Crippen LogP) is 2.17. The summed E-state index contributed by atoms with van der Waals surface area (Å²) >= 11 is 2.93. The van der Waals surface area contributed by atoms with Gasteiger partial charge in [0.05, 0.1) is 18.7 Å². The van der Waals surface area contributed by atoms with Crippen molar-refractivity contribution in [3.05, 3.63) is 40.8 Å². The van der Waals surface area contributed by atoms with Gasteiger partial charge in [0, 0.05) is 0 Å². The Kier molecular flexibility index (Phi) is 1.08. The molecule has 0 saturated heterocycles. The minimum Gasteiger partial charge on any atom is -0.219 e. The average Bonchev–Trinajstić information content (AvgIpc) is 2.66. The van der Waals surface area contributed by atoms with E-state index in [-0.39, 0.29) is 16.5 Å². The van der Waals surface area contributed by atoms with E-state index in [9.17, 15) is 4.39 Å². The van der Waals surface area contributed by atoms with Crippen molar-refractivity contribution < 1.29 is 11.2 Å². The number of aromatic nitrogens is 3. The van der Waals surface area contributed by atoms with Gasteiger partial charge in [-0.1, -0.05) is 11.3 Å². The maximum Gasteiger partial charge on any atom is 0.148 e. The summed E-state index contributed by atoms with van der Waals surface area (Å²) in [6.45, 7) is 0. The minimum atomic E-state index is -1.22. The van der Waals surface area contributed by atoms with Gasteiger partial charge in [-0.2, -0.15) is 0 Å². The number of hydrogen-bond acceptors (Lipinski definition) is 2. The maximum absolute atomic E-state index is 13.5. The van der Waals surface area contributed by atoms with E-state index in [1.807, 2.05) is 0 Å². The Morgan fingerprint density at radius 2 is 2.38 bits per heavy atom. The zero-order valence-electron chi connectivity index (χ0n) is 11.1. The molecular formula is C8H5BrFN3. The van der Waals surface area contributed by atoms with Crippen LogP contribution < -0.4 is 0 Å². The molecule has 0 spiro atoms. The number of nitrogens with zero attached hydrogens (tertiary/aromatic N) is 3. The van der Waals surface area contributed by atoms with Crippen LogP contribution in [-0.2, 0) is 0 Å². The second-order valence-electron chi connectivity index (χ2n) is 2.07. The highest BCUT2D eigenvalue weighted by Gasteiger charge is 2.00. The molecular weight excluding hydrogens is 237 g/mol. The fraction of sp³-hybridized carbons (Fsp3) is 0. The Hall–Kier alpha value is -1.23. The van der Waals surface area contributed by atoms with Crippen LogP contribution in [0.4, 0.5) is 4.39 Å². The highest BCUT2D eigenvalue weighted by atomic mass is 79.9. The molecule has 0 aliphatic carbocycles. The molecule has 66 valence electrons. The van der Waals surface area contributed by atoms with Crippen LogP contribution in [0.3, 0.4) is 0 Å². The summed E-state index contributed by atoms with van der Waals surface area (Å²) in [6, 6.07) is -2.78. The van der Waals surface area contributed by atoms with E-state index >= 15 is 0 Å². The molecule has 0 aliphatic heterocycles. The molecule has 0 aliphatic rings. The van der Waals surface area contributed by atoms with Crippen LogP contribution in [0.15, 0.2) is 34.9 Å². The monoisotopic (exact) mass is 246 g/mol. The lowest BCUT2D eigenvalue weighted by Gasteiger charge is -1.97. The fourth-order valence-corrected chi connectivity index (χ4v) is 0.973. The van der Waals surface area contributed by atoms with E-state index in [4.69, 9.17) is 6.85 Å². The van der Waals surface area contributed by atoms with Gasteiger partial charge in [0.1, 0.15) is 10.4 Å². The van der Waals surface area contributed by atoms with Gasteiger partial charge in [-0.3, -0.25) is 0 Å². The van der Waals surface area contributed by atoms with Crippen molar-refractivity contribution >= 4 is 15.9 Å². The van der Waals surface area contributed by atoms with E-state index in [0.717, 1.165) is 4.68 Å². The van der Waals surface area contributed by atoms with E-state index in [2.05, 4.69) is 26.2 Å². The zero-order chi connectivity index (χ0) is 13.6. The third-order valence-electron chi connectivity index (χ3n) is 1.21. The van der Waals surface area contributed by atoms with E-state index in [1.165, 1.54) is 0 Å². The molecule has 0 atom stereocenters. The van der Waals surface area contributed by atoms with Crippen molar-refractivity contribution in [1.82, 2.24) is 15.0 Å². The first kappa shape index (κ1) is 4.32.